The minimum Gasteiger partial charge on any atom is -0.309 e. The number of thiophene rings is 1. The van der Waals surface area contributed by atoms with Crippen LogP contribution in [0.3, 0.4) is 0 Å². The Hall–Kier alpha value is -1.12. The maximum atomic E-state index is 3.49. The molecule has 1 nitrogen and oxygen atoms in total. The highest BCUT2D eigenvalue weighted by atomic mass is 32.1. The van der Waals surface area contributed by atoms with Gasteiger partial charge in [0.25, 0.3) is 0 Å². The molecule has 2 heteroatoms. The molecule has 0 bridgehead atoms. The number of hydrogen-bond acceptors (Lipinski definition) is 2. The fourth-order valence-electron chi connectivity index (χ4n) is 2.61. The van der Waals surface area contributed by atoms with Crippen LogP contribution in [-0.2, 0) is 6.42 Å². The van der Waals surface area contributed by atoms with Crippen LogP contribution in [0.1, 0.15) is 45.7 Å². The average Bonchev–Trinajstić information content (AvgIpc) is 2.84. The molecule has 2 rings (SSSR count). The van der Waals surface area contributed by atoms with E-state index in [0.29, 0.717) is 6.04 Å². The number of benzene rings is 1. The maximum Gasteiger partial charge on any atom is 0.0674 e. The first-order chi connectivity index (χ1) is 9.08. The average molecular weight is 273 g/mol. The molecule has 1 N–H and O–H groups in total. The lowest BCUT2D eigenvalue weighted by molar-refractivity contribution is 0.692. The van der Waals surface area contributed by atoms with Gasteiger partial charge in [-0.3, -0.25) is 0 Å². The molecule has 1 heterocycles. The zero-order chi connectivity index (χ0) is 14.0. The fourth-order valence-corrected chi connectivity index (χ4v) is 3.74. The molecular weight excluding hydrogens is 250 g/mol. The van der Waals surface area contributed by atoms with E-state index in [1.54, 1.807) is 0 Å². The van der Waals surface area contributed by atoms with Gasteiger partial charge in [0, 0.05) is 4.88 Å². The third kappa shape index (κ3) is 2.75. The first kappa shape index (κ1) is 14.3. The van der Waals surface area contributed by atoms with Gasteiger partial charge >= 0.3 is 0 Å². The van der Waals surface area contributed by atoms with Gasteiger partial charge in [-0.25, -0.2) is 0 Å². The summed E-state index contributed by atoms with van der Waals surface area (Å²) in [4.78, 5) is 1.45. The van der Waals surface area contributed by atoms with Gasteiger partial charge in [-0.05, 0) is 73.5 Å². The first-order valence-electron chi connectivity index (χ1n) is 6.89. The largest absolute Gasteiger partial charge is 0.309 e. The minimum atomic E-state index is 0.314. The normalized spacial score (nSPS) is 12.7. The van der Waals surface area contributed by atoms with Crippen molar-refractivity contribution in [3.05, 3.63) is 56.3 Å². The predicted octanol–water partition coefficient (Wildman–Crippen LogP) is 4.54. The molecule has 0 aliphatic rings. The van der Waals surface area contributed by atoms with Crippen molar-refractivity contribution in [2.75, 3.05) is 7.05 Å². The van der Waals surface area contributed by atoms with Crippen LogP contribution >= 0.6 is 11.3 Å². The molecule has 2 aromatic rings. The van der Waals surface area contributed by atoms with Crippen molar-refractivity contribution < 1.29 is 0 Å². The van der Waals surface area contributed by atoms with Crippen molar-refractivity contribution in [1.82, 2.24) is 5.32 Å². The smallest absolute Gasteiger partial charge is 0.0674 e. The van der Waals surface area contributed by atoms with E-state index in [-0.39, 0.29) is 0 Å². The molecule has 19 heavy (non-hydrogen) atoms. The number of aryl methyl sites for hydroxylation is 4. The van der Waals surface area contributed by atoms with E-state index in [9.17, 15) is 0 Å². The zero-order valence-electron chi connectivity index (χ0n) is 12.5. The van der Waals surface area contributed by atoms with Crippen LogP contribution in [0.15, 0.2) is 23.6 Å². The standard InChI is InChI=1S/C17H23NS/c1-6-14-7-8-19-17(14)16(18-5)15-10-12(3)11(2)9-13(15)4/h7-10,16,18H,6H2,1-5H3. The Morgan fingerprint density at radius 2 is 1.79 bits per heavy atom. The zero-order valence-corrected chi connectivity index (χ0v) is 13.3. The van der Waals surface area contributed by atoms with Gasteiger partial charge in [0.1, 0.15) is 0 Å². The molecule has 1 atom stereocenters. The summed E-state index contributed by atoms with van der Waals surface area (Å²) in [5.74, 6) is 0. The summed E-state index contributed by atoms with van der Waals surface area (Å²) in [6.45, 7) is 8.82. The Balaban J connectivity index is 2.51. The van der Waals surface area contributed by atoms with Crippen molar-refractivity contribution in [3.8, 4) is 0 Å². The minimum absolute atomic E-state index is 0.314. The summed E-state index contributed by atoms with van der Waals surface area (Å²) in [5.41, 5.74) is 6.98. The topological polar surface area (TPSA) is 12.0 Å². The third-order valence-corrected chi connectivity index (χ3v) is 4.93. The summed E-state index contributed by atoms with van der Waals surface area (Å²) in [6, 6.07) is 7.20. The lowest BCUT2D eigenvalue weighted by Gasteiger charge is -2.21. The number of hydrogen-bond donors (Lipinski definition) is 1. The highest BCUT2D eigenvalue weighted by Gasteiger charge is 2.18. The van der Waals surface area contributed by atoms with Crippen molar-refractivity contribution in [1.29, 1.82) is 0 Å². The highest BCUT2D eigenvalue weighted by molar-refractivity contribution is 7.10. The molecule has 1 aromatic heterocycles. The van der Waals surface area contributed by atoms with Gasteiger partial charge in [-0.1, -0.05) is 19.1 Å². The molecule has 0 fully saturated rings. The van der Waals surface area contributed by atoms with Crippen LogP contribution in [0.5, 0.6) is 0 Å². The fraction of sp³-hybridized carbons (Fsp3) is 0.412. The van der Waals surface area contributed by atoms with E-state index in [0.717, 1.165) is 6.42 Å². The van der Waals surface area contributed by atoms with E-state index in [4.69, 9.17) is 0 Å². The lowest BCUT2D eigenvalue weighted by atomic mass is 9.93. The Bertz CT molecular complexity index is 569. The number of nitrogens with one attached hydrogen (secondary N) is 1. The molecule has 0 saturated carbocycles. The van der Waals surface area contributed by atoms with Gasteiger partial charge in [-0.2, -0.15) is 0 Å². The Morgan fingerprint density at radius 3 is 2.42 bits per heavy atom. The second-order valence-corrected chi connectivity index (χ2v) is 6.13. The van der Waals surface area contributed by atoms with Crippen molar-refractivity contribution in [2.24, 2.45) is 0 Å². The second-order valence-electron chi connectivity index (χ2n) is 5.18. The Kier molecular flexibility index (Phi) is 4.43. The van der Waals surface area contributed by atoms with Crippen LogP contribution in [0.4, 0.5) is 0 Å². The van der Waals surface area contributed by atoms with Crippen LogP contribution in [-0.4, -0.2) is 7.05 Å². The summed E-state index contributed by atoms with van der Waals surface area (Å²) in [6.07, 6.45) is 1.10. The van der Waals surface area contributed by atoms with E-state index < -0.39 is 0 Å². The van der Waals surface area contributed by atoms with Crippen LogP contribution in [0.2, 0.25) is 0 Å². The van der Waals surface area contributed by atoms with E-state index >= 15 is 0 Å². The molecule has 0 spiro atoms. The van der Waals surface area contributed by atoms with Gasteiger partial charge in [0.05, 0.1) is 6.04 Å². The van der Waals surface area contributed by atoms with Crippen molar-refractivity contribution in [2.45, 2.75) is 40.2 Å². The van der Waals surface area contributed by atoms with E-state index in [1.165, 1.54) is 32.7 Å². The maximum absolute atomic E-state index is 3.49. The molecule has 0 aliphatic heterocycles. The van der Waals surface area contributed by atoms with Crippen LogP contribution < -0.4 is 5.32 Å². The summed E-state index contributed by atoms with van der Waals surface area (Å²) in [5, 5.41) is 5.70. The van der Waals surface area contributed by atoms with E-state index in [2.05, 4.69) is 63.6 Å². The van der Waals surface area contributed by atoms with Gasteiger partial charge < -0.3 is 5.32 Å². The Labute approximate surface area is 120 Å². The van der Waals surface area contributed by atoms with Gasteiger partial charge in [-0.15, -0.1) is 11.3 Å². The van der Waals surface area contributed by atoms with Crippen LogP contribution in [0, 0.1) is 20.8 Å². The number of rotatable bonds is 4. The second kappa shape index (κ2) is 5.89. The predicted molar refractivity (Wildman–Crippen MR) is 85.3 cm³/mol. The SMILES string of the molecule is CCc1ccsc1C(NC)c1cc(C)c(C)cc1C. The van der Waals surface area contributed by atoms with Gasteiger partial charge in [0.2, 0.25) is 0 Å². The quantitative estimate of drug-likeness (QED) is 0.862. The Morgan fingerprint density at radius 1 is 1.11 bits per heavy atom. The van der Waals surface area contributed by atoms with Crippen LogP contribution in [0.25, 0.3) is 0 Å². The van der Waals surface area contributed by atoms with Crippen molar-refractivity contribution >= 4 is 11.3 Å². The third-order valence-electron chi connectivity index (χ3n) is 3.91. The molecular formula is C17H23NS. The molecule has 1 unspecified atom stereocenters. The molecule has 0 amide bonds. The monoisotopic (exact) mass is 273 g/mol. The molecule has 0 aliphatic carbocycles. The molecule has 0 radical (unpaired) electrons. The lowest BCUT2D eigenvalue weighted by Crippen LogP contribution is -2.19. The van der Waals surface area contributed by atoms with E-state index in [1.807, 2.05) is 11.3 Å². The molecule has 102 valence electrons. The first-order valence-corrected chi connectivity index (χ1v) is 7.77. The molecule has 0 saturated heterocycles. The molecule has 1 aromatic carbocycles. The van der Waals surface area contributed by atoms with Gasteiger partial charge in [0.15, 0.2) is 0 Å². The van der Waals surface area contributed by atoms with Crippen molar-refractivity contribution in [3.63, 3.8) is 0 Å². The highest BCUT2D eigenvalue weighted by Crippen LogP contribution is 2.32. The summed E-state index contributed by atoms with van der Waals surface area (Å²) in [7, 11) is 2.05. The summed E-state index contributed by atoms with van der Waals surface area (Å²) >= 11 is 1.86. The summed E-state index contributed by atoms with van der Waals surface area (Å²) < 4.78 is 0.